The standard InChI is InChI=1S/C13H11BrN4/c1-8-2-3-9(14)6-12(8)18-11-4-5-16-7-10(11)17-13(18)15/h2-7H,1H3,(H2,15,17). The third-order valence-corrected chi connectivity index (χ3v) is 3.39. The van der Waals surface area contributed by atoms with E-state index in [1.165, 1.54) is 0 Å². The monoisotopic (exact) mass is 302 g/mol. The number of imidazole rings is 1. The summed E-state index contributed by atoms with van der Waals surface area (Å²) in [6, 6.07) is 8.01. The molecule has 0 aliphatic carbocycles. The minimum absolute atomic E-state index is 0.471. The zero-order valence-electron chi connectivity index (χ0n) is 9.76. The fourth-order valence-electron chi connectivity index (χ4n) is 2.03. The van der Waals surface area contributed by atoms with Crippen molar-refractivity contribution in [2.75, 3.05) is 5.73 Å². The third kappa shape index (κ3) is 1.67. The zero-order valence-corrected chi connectivity index (χ0v) is 11.3. The number of halogens is 1. The molecule has 0 unspecified atom stereocenters. The molecule has 2 aromatic heterocycles. The number of nitrogen functional groups attached to an aromatic ring is 1. The van der Waals surface area contributed by atoms with Crippen LogP contribution in [0.5, 0.6) is 0 Å². The van der Waals surface area contributed by atoms with E-state index >= 15 is 0 Å². The number of fused-ring (bicyclic) bond motifs is 1. The van der Waals surface area contributed by atoms with Gasteiger partial charge in [-0.1, -0.05) is 22.0 Å². The summed E-state index contributed by atoms with van der Waals surface area (Å²) in [5.41, 5.74) is 9.94. The SMILES string of the molecule is Cc1ccc(Br)cc1-n1c(N)nc2cnccc21. The Morgan fingerprint density at radius 2 is 2.11 bits per heavy atom. The molecule has 0 amide bonds. The van der Waals surface area contributed by atoms with E-state index in [2.05, 4.69) is 25.9 Å². The molecule has 18 heavy (non-hydrogen) atoms. The van der Waals surface area contributed by atoms with Crippen molar-refractivity contribution in [3.8, 4) is 5.69 Å². The number of aryl methyl sites for hydroxylation is 1. The lowest BCUT2D eigenvalue weighted by atomic mass is 10.2. The van der Waals surface area contributed by atoms with E-state index in [9.17, 15) is 0 Å². The number of hydrogen-bond donors (Lipinski definition) is 1. The van der Waals surface area contributed by atoms with Crippen LogP contribution in [0.3, 0.4) is 0 Å². The number of aromatic nitrogens is 3. The quantitative estimate of drug-likeness (QED) is 0.751. The van der Waals surface area contributed by atoms with Gasteiger partial charge in [0.25, 0.3) is 0 Å². The van der Waals surface area contributed by atoms with Crippen LogP contribution in [-0.4, -0.2) is 14.5 Å². The normalized spacial score (nSPS) is 11.0. The number of nitrogens with two attached hydrogens (primary N) is 1. The number of benzene rings is 1. The van der Waals surface area contributed by atoms with E-state index < -0.39 is 0 Å². The Bertz CT molecular complexity index is 733. The van der Waals surface area contributed by atoms with Crippen molar-refractivity contribution in [1.29, 1.82) is 0 Å². The molecule has 3 rings (SSSR count). The predicted octanol–water partition coefficient (Wildman–Crippen LogP) is 3.07. The Morgan fingerprint density at radius 1 is 1.28 bits per heavy atom. The van der Waals surface area contributed by atoms with E-state index in [0.717, 1.165) is 26.8 Å². The van der Waals surface area contributed by atoms with Crippen LogP contribution >= 0.6 is 15.9 Å². The highest BCUT2D eigenvalue weighted by atomic mass is 79.9. The molecule has 4 nitrogen and oxygen atoms in total. The molecule has 0 spiro atoms. The van der Waals surface area contributed by atoms with E-state index in [0.29, 0.717) is 5.95 Å². The molecule has 0 saturated carbocycles. The molecule has 2 heterocycles. The fraction of sp³-hybridized carbons (Fsp3) is 0.0769. The van der Waals surface area contributed by atoms with Gasteiger partial charge < -0.3 is 5.73 Å². The van der Waals surface area contributed by atoms with E-state index in [-0.39, 0.29) is 0 Å². The number of anilines is 1. The lowest BCUT2D eigenvalue weighted by Crippen LogP contribution is -2.02. The van der Waals surface area contributed by atoms with E-state index in [1.807, 2.05) is 35.8 Å². The van der Waals surface area contributed by atoms with Crippen LogP contribution in [-0.2, 0) is 0 Å². The highest BCUT2D eigenvalue weighted by Gasteiger charge is 2.11. The van der Waals surface area contributed by atoms with Crippen molar-refractivity contribution in [2.45, 2.75) is 6.92 Å². The van der Waals surface area contributed by atoms with Crippen molar-refractivity contribution in [2.24, 2.45) is 0 Å². The van der Waals surface area contributed by atoms with Crippen LogP contribution in [0.15, 0.2) is 41.1 Å². The minimum atomic E-state index is 0.471. The van der Waals surface area contributed by atoms with Gasteiger partial charge in [0, 0.05) is 10.7 Å². The maximum Gasteiger partial charge on any atom is 0.205 e. The van der Waals surface area contributed by atoms with Gasteiger partial charge in [-0.2, -0.15) is 0 Å². The minimum Gasteiger partial charge on any atom is -0.369 e. The van der Waals surface area contributed by atoms with E-state index in [4.69, 9.17) is 5.73 Å². The second kappa shape index (κ2) is 4.10. The largest absolute Gasteiger partial charge is 0.369 e. The van der Waals surface area contributed by atoms with Gasteiger partial charge in [-0.3, -0.25) is 9.55 Å². The van der Waals surface area contributed by atoms with Gasteiger partial charge in [0.1, 0.15) is 5.52 Å². The average Bonchev–Trinajstić information content (AvgIpc) is 2.68. The average molecular weight is 303 g/mol. The number of pyridine rings is 1. The highest BCUT2D eigenvalue weighted by Crippen LogP contribution is 2.26. The second-order valence-corrected chi connectivity index (χ2v) is 5.02. The summed E-state index contributed by atoms with van der Waals surface area (Å²) >= 11 is 3.48. The smallest absolute Gasteiger partial charge is 0.205 e. The summed E-state index contributed by atoms with van der Waals surface area (Å²) < 4.78 is 2.95. The van der Waals surface area contributed by atoms with Crippen LogP contribution in [0.2, 0.25) is 0 Å². The first-order valence-corrected chi connectivity index (χ1v) is 6.30. The molecule has 90 valence electrons. The second-order valence-electron chi connectivity index (χ2n) is 4.10. The molecule has 5 heteroatoms. The van der Waals surface area contributed by atoms with Gasteiger partial charge in [0.15, 0.2) is 0 Å². The molecule has 0 aliphatic rings. The van der Waals surface area contributed by atoms with Crippen molar-refractivity contribution in [3.05, 3.63) is 46.7 Å². The van der Waals surface area contributed by atoms with Crippen LogP contribution < -0.4 is 5.73 Å². The van der Waals surface area contributed by atoms with Gasteiger partial charge in [0.05, 0.1) is 17.4 Å². The van der Waals surface area contributed by atoms with Crippen molar-refractivity contribution >= 4 is 32.9 Å². The number of hydrogen-bond acceptors (Lipinski definition) is 3. The fourth-order valence-corrected chi connectivity index (χ4v) is 2.38. The van der Waals surface area contributed by atoms with Gasteiger partial charge in [-0.25, -0.2) is 4.98 Å². The summed E-state index contributed by atoms with van der Waals surface area (Å²) in [6.45, 7) is 2.05. The molecular formula is C13H11BrN4. The maximum absolute atomic E-state index is 6.01. The lowest BCUT2D eigenvalue weighted by Gasteiger charge is -2.10. The molecule has 0 atom stereocenters. The molecule has 3 aromatic rings. The Kier molecular flexibility index (Phi) is 2.56. The number of nitrogens with zero attached hydrogens (tertiary/aromatic N) is 3. The first kappa shape index (κ1) is 11.2. The molecule has 2 N–H and O–H groups in total. The first-order chi connectivity index (χ1) is 8.66. The Labute approximate surface area is 113 Å². The van der Waals surface area contributed by atoms with Crippen LogP contribution in [0.25, 0.3) is 16.7 Å². The Morgan fingerprint density at radius 3 is 2.94 bits per heavy atom. The molecule has 0 aliphatic heterocycles. The topological polar surface area (TPSA) is 56.7 Å². The molecule has 0 bridgehead atoms. The molecule has 1 aromatic carbocycles. The van der Waals surface area contributed by atoms with Crippen molar-refractivity contribution in [1.82, 2.24) is 14.5 Å². The zero-order chi connectivity index (χ0) is 12.7. The first-order valence-electron chi connectivity index (χ1n) is 5.51. The predicted molar refractivity (Wildman–Crippen MR) is 75.7 cm³/mol. The van der Waals surface area contributed by atoms with Gasteiger partial charge in [0.2, 0.25) is 5.95 Å². The summed E-state index contributed by atoms with van der Waals surface area (Å²) in [5.74, 6) is 0.471. The van der Waals surface area contributed by atoms with Gasteiger partial charge >= 0.3 is 0 Å². The summed E-state index contributed by atoms with van der Waals surface area (Å²) in [5, 5.41) is 0. The summed E-state index contributed by atoms with van der Waals surface area (Å²) in [7, 11) is 0. The maximum atomic E-state index is 6.01. The van der Waals surface area contributed by atoms with Crippen molar-refractivity contribution < 1.29 is 0 Å². The Hall–Kier alpha value is -1.88. The summed E-state index contributed by atoms with van der Waals surface area (Å²) in [6.07, 6.45) is 3.46. The third-order valence-electron chi connectivity index (χ3n) is 2.89. The van der Waals surface area contributed by atoms with Crippen LogP contribution in [0, 0.1) is 6.92 Å². The Balaban J connectivity index is 2.37. The number of rotatable bonds is 1. The molecule has 0 saturated heterocycles. The molecule has 0 radical (unpaired) electrons. The molecular weight excluding hydrogens is 292 g/mol. The van der Waals surface area contributed by atoms with Crippen molar-refractivity contribution in [3.63, 3.8) is 0 Å². The lowest BCUT2D eigenvalue weighted by molar-refractivity contribution is 1.09. The van der Waals surface area contributed by atoms with E-state index in [1.54, 1.807) is 12.4 Å². The van der Waals surface area contributed by atoms with Crippen LogP contribution in [0.4, 0.5) is 5.95 Å². The highest BCUT2D eigenvalue weighted by molar-refractivity contribution is 9.10. The van der Waals surface area contributed by atoms with Crippen LogP contribution in [0.1, 0.15) is 5.56 Å². The summed E-state index contributed by atoms with van der Waals surface area (Å²) in [4.78, 5) is 8.38. The molecule has 0 fully saturated rings. The van der Waals surface area contributed by atoms with Gasteiger partial charge in [-0.05, 0) is 30.7 Å². The van der Waals surface area contributed by atoms with Gasteiger partial charge in [-0.15, -0.1) is 0 Å².